The van der Waals surface area contributed by atoms with E-state index in [2.05, 4.69) is 24.5 Å². The fraction of sp³-hybridized carbons (Fsp3) is 0.467. The van der Waals surface area contributed by atoms with Crippen molar-refractivity contribution in [1.82, 2.24) is 10.6 Å². The lowest BCUT2D eigenvalue weighted by atomic mass is 10.2. The van der Waals surface area contributed by atoms with Crippen molar-refractivity contribution in [1.29, 1.82) is 0 Å². The Labute approximate surface area is 131 Å². The average Bonchev–Trinajstić information content (AvgIpc) is 2.45. The van der Waals surface area contributed by atoms with Crippen molar-refractivity contribution in [3.8, 4) is 5.75 Å². The Bertz CT molecular complexity index is 478. The van der Waals surface area contributed by atoms with Crippen molar-refractivity contribution in [3.63, 3.8) is 0 Å². The summed E-state index contributed by atoms with van der Waals surface area (Å²) < 4.78 is 10.5. The largest absolute Gasteiger partial charge is 0.493 e. The average molecular weight is 310 g/mol. The molecule has 5 nitrogen and oxygen atoms in total. The van der Waals surface area contributed by atoms with E-state index < -0.39 is 0 Å². The van der Waals surface area contributed by atoms with Crippen LogP contribution in [0, 0.1) is 5.92 Å². The molecule has 0 heterocycles. The van der Waals surface area contributed by atoms with E-state index >= 15 is 0 Å². The SMILES string of the molecule is COCCNC(=S)NC(=O)c1cccc(OCC(C)C)c1. The van der Waals surface area contributed by atoms with Gasteiger partial charge in [-0.3, -0.25) is 10.1 Å². The minimum Gasteiger partial charge on any atom is -0.493 e. The zero-order valence-corrected chi connectivity index (χ0v) is 13.5. The number of nitrogens with one attached hydrogen (secondary N) is 2. The predicted molar refractivity (Wildman–Crippen MR) is 86.7 cm³/mol. The lowest BCUT2D eigenvalue weighted by Gasteiger charge is -2.11. The fourth-order valence-corrected chi connectivity index (χ4v) is 1.67. The van der Waals surface area contributed by atoms with Gasteiger partial charge in [-0.15, -0.1) is 0 Å². The second-order valence-corrected chi connectivity index (χ2v) is 5.34. The molecule has 0 atom stereocenters. The van der Waals surface area contributed by atoms with Crippen LogP contribution >= 0.6 is 12.2 Å². The van der Waals surface area contributed by atoms with E-state index in [1.54, 1.807) is 25.3 Å². The molecule has 0 aromatic heterocycles. The van der Waals surface area contributed by atoms with Crippen molar-refractivity contribution in [2.45, 2.75) is 13.8 Å². The number of ether oxygens (including phenoxy) is 2. The molecule has 0 fully saturated rings. The molecular weight excluding hydrogens is 288 g/mol. The molecule has 6 heteroatoms. The van der Waals surface area contributed by atoms with Gasteiger partial charge >= 0.3 is 0 Å². The van der Waals surface area contributed by atoms with Crippen molar-refractivity contribution in [3.05, 3.63) is 29.8 Å². The molecule has 116 valence electrons. The number of hydrogen-bond acceptors (Lipinski definition) is 4. The van der Waals surface area contributed by atoms with Crippen LogP contribution in [-0.2, 0) is 4.74 Å². The molecule has 0 saturated carbocycles. The standard InChI is InChI=1S/C15H22N2O3S/c1-11(2)10-20-13-6-4-5-12(9-13)14(18)17-15(21)16-7-8-19-3/h4-6,9,11H,7-8,10H2,1-3H3,(H2,16,17,18,21). The van der Waals surface area contributed by atoms with E-state index in [9.17, 15) is 4.79 Å². The van der Waals surface area contributed by atoms with E-state index in [0.717, 1.165) is 0 Å². The summed E-state index contributed by atoms with van der Waals surface area (Å²) in [6.45, 7) is 5.82. The molecule has 0 aliphatic rings. The number of thiocarbonyl (C=S) groups is 1. The zero-order chi connectivity index (χ0) is 15.7. The second kappa shape index (κ2) is 9.31. The van der Waals surface area contributed by atoms with Crippen molar-refractivity contribution >= 4 is 23.2 Å². The van der Waals surface area contributed by atoms with Crippen LogP contribution in [0.1, 0.15) is 24.2 Å². The summed E-state index contributed by atoms with van der Waals surface area (Å²) in [4.78, 5) is 12.1. The van der Waals surface area contributed by atoms with Crippen molar-refractivity contribution in [2.75, 3.05) is 26.9 Å². The Morgan fingerprint density at radius 2 is 2.14 bits per heavy atom. The summed E-state index contributed by atoms with van der Waals surface area (Å²) in [5, 5.41) is 5.78. The Hall–Kier alpha value is -1.66. The van der Waals surface area contributed by atoms with E-state index in [-0.39, 0.29) is 11.0 Å². The van der Waals surface area contributed by atoms with Gasteiger partial charge < -0.3 is 14.8 Å². The van der Waals surface area contributed by atoms with Gasteiger partial charge in [0, 0.05) is 19.2 Å². The van der Waals surface area contributed by atoms with Crippen LogP contribution in [0.5, 0.6) is 5.75 Å². The smallest absolute Gasteiger partial charge is 0.257 e. The molecule has 0 aliphatic carbocycles. The Balaban J connectivity index is 2.53. The summed E-state index contributed by atoms with van der Waals surface area (Å²) in [6, 6.07) is 7.03. The van der Waals surface area contributed by atoms with Crippen LogP contribution < -0.4 is 15.4 Å². The highest BCUT2D eigenvalue weighted by molar-refractivity contribution is 7.80. The van der Waals surface area contributed by atoms with Gasteiger partial charge in [-0.2, -0.15) is 0 Å². The number of hydrogen-bond donors (Lipinski definition) is 2. The van der Waals surface area contributed by atoms with Gasteiger partial charge in [0.2, 0.25) is 0 Å². The molecule has 0 radical (unpaired) electrons. The maximum absolute atomic E-state index is 12.1. The van der Waals surface area contributed by atoms with Gasteiger partial charge in [-0.05, 0) is 36.3 Å². The highest BCUT2D eigenvalue weighted by atomic mass is 32.1. The number of amides is 1. The number of benzene rings is 1. The quantitative estimate of drug-likeness (QED) is 0.596. The van der Waals surface area contributed by atoms with Gasteiger partial charge in [0.05, 0.1) is 13.2 Å². The van der Waals surface area contributed by atoms with Gasteiger partial charge in [0.25, 0.3) is 5.91 Å². The maximum atomic E-state index is 12.1. The molecule has 1 rings (SSSR count). The Kier molecular flexibility index (Phi) is 7.71. The zero-order valence-electron chi connectivity index (χ0n) is 12.6. The minimum absolute atomic E-state index is 0.264. The second-order valence-electron chi connectivity index (χ2n) is 4.94. The number of carbonyl (C=O) groups excluding carboxylic acids is 1. The van der Waals surface area contributed by atoms with Crippen LogP contribution in [0.4, 0.5) is 0 Å². The lowest BCUT2D eigenvalue weighted by Crippen LogP contribution is -2.40. The maximum Gasteiger partial charge on any atom is 0.257 e. The molecule has 2 N–H and O–H groups in total. The monoisotopic (exact) mass is 310 g/mol. The molecule has 1 aromatic carbocycles. The molecule has 1 aromatic rings. The first-order valence-corrected chi connectivity index (χ1v) is 7.24. The van der Waals surface area contributed by atoms with Crippen LogP contribution in [0.2, 0.25) is 0 Å². The fourth-order valence-electron chi connectivity index (χ4n) is 1.48. The summed E-state index contributed by atoms with van der Waals surface area (Å²) in [5.74, 6) is 0.842. The number of carbonyl (C=O) groups is 1. The molecule has 1 amide bonds. The van der Waals surface area contributed by atoms with E-state index in [4.69, 9.17) is 21.7 Å². The summed E-state index contributed by atoms with van der Waals surface area (Å²) in [5.41, 5.74) is 0.507. The van der Waals surface area contributed by atoms with Gasteiger partial charge in [0.15, 0.2) is 5.11 Å². The van der Waals surface area contributed by atoms with E-state index in [1.165, 1.54) is 0 Å². The highest BCUT2D eigenvalue weighted by Crippen LogP contribution is 2.14. The molecule has 0 aliphatic heterocycles. The normalized spacial score (nSPS) is 10.3. The van der Waals surface area contributed by atoms with Gasteiger partial charge in [-0.25, -0.2) is 0 Å². The number of methoxy groups -OCH3 is 1. The molecule has 0 spiro atoms. The predicted octanol–water partition coefficient (Wildman–Crippen LogP) is 1.97. The van der Waals surface area contributed by atoms with Crippen molar-refractivity contribution < 1.29 is 14.3 Å². The minimum atomic E-state index is -0.264. The third kappa shape index (κ3) is 7.06. The Morgan fingerprint density at radius 1 is 1.38 bits per heavy atom. The first-order chi connectivity index (χ1) is 10.0. The molecule has 0 unspecified atom stereocenters. The third-order valence-electron chi connectivity index (χ3n) is 2.50. The van der Waals surface area contributed by atoms with E-state index in [1.807, 2.05) is 6.07 Å². The topological polar surface area (TPSA) is 59.6 Å². The highest BCUT2D eigenvalue weighted by Gasteiger charge is 2.09. The van der Waals surface area contributed by atoms with Crippen molar-refractivity contribution in [2.24, 2.45) is 5.92 Å². The first-order valence-electron chi connectivity index (χ1n) is 6.84. The first kappa shape index (κ1) is 17.4. The van der Waals surface area contributed by atoms with Crippen LogP contribution in [-0.4, -0.2) is 37.9 Å². The summed E-state index contributed by atoms with van der Waals surface area (Å²) in [7, 11) is 1.60. The molecular formula is C15H22N2O3S. The van der Waals surface area contributed by atoms with Crippen LogP contribution in [0.15, 0.2) is 24.3 Å². The van der Waals surface area contributed by atoms with Gasteiger partial charge in [-0.1, -0.05) is 19.9 Å². The molecule has 21 heavy (non-hydrogen) atoms. The molecule has 0 bridgehead atoms. The summed E-state index contributed by atoms with van der Waals surface area (Å²) >= 11 is 5.03. The third-order valence-corrected chi connectivity index (χ3v) is 2.74. The van der Waals surface area contributed by atoms with E-state index in [0.29, 0.717) is 37.0 Å². The summed E-state index contributed by atoms with van der Waals surface area (Å²) in [6.07, 6.45) is 0. The molecule has 0 saturated heterocycles. The van der Waals surface area contributed by atoms with Gasteiger partial charge in [0.1, 0.15) is 5.75 Å². The van der Waals surface area contributed by atoms with Crippen LogP contribution in [0.3, 0.4) is 0 Å². The van der Waals surface area contributed by atoms with Crippen LogP contribution in [0.25, 0.3) is 0 Å². The Morgan fingerprint density at radius 3 is 2.81 bits per heavy atom. The lowest BCUT2D eigenvalue weighted by molar-refractivity contribution is 0.0976. The number of rotatable bonds is 7.